The molecule has 1 fully saturated rings. The molecule has 2 aliphatic heterocycles. The second-order valence-electron chi connectivity index (χ2n) is 8.45. The highest BCUT2D eigenvalue weighted by Crippen LogP contribution is 2.44. The number of amides is 1. The Morgan fingerprint density at radius 3 is 2.73 bits per heavy atom. The summed E-state index contributed by atoms with van der Waals surface area (Å²) in [4.78, 5) is 15.0. The van der Waals surface area contributed by atoms with Crippen molar-refractivity contribution in [3.63, 3.8) is 0 Å². The van der Waals surface area contributed by atoms with Crippen LogP contribution in [0.1, 0.15) is 48.8 Å². The minimum absolute atomic E-state index is 0.0602. The molecule has 0 saturated carbocycles. The Hall–Kier alpha value is -3.22. The standard InChI is InChI=1S/C23H27N5O2/c1-16(2)28-15-17(14-24-28)22(29)26-11-8-23(9-12-26)21-5-4-10-27(21)20-7-6-18(30-3)13-19(20)25-23/h4-7,10,13-16,25H,8-9,11-12H2,1-3H3. The Balaban J connectivity index is 1.39. The van der Waals surface area contributed by atoms with Crippen molar-refractivity contribution in [2.75, 3.05) is 25.5 Å². The number of nitrogens with zero attached hydrogens (tertiary/aromatic N) is 4. The van der Waals surface area contributed by atoms with Gasteiger partial charge in [0, 0.05) is 43.3 Å². The molecular formula is C23H27N5O2. The zero-order valence-electron chi connectivity index (χ0n) is 17.6. The summed E-state index contributed by atoms with van der Waals surface area (Å²) in [5.41, 5.74) is 3.91. The summed E-state index contributed by atoms with van der Waals surface area (Å²) in [6.45, 7) is 5.51. The van der Waals surface area contributed by atoms with Crippen molar-refractivity contribution in [1.29, 1.82) is 0 Å². The van der Waals surface area contributed by atoms with Crippen LogP contribution in [0.5, 0.6) is 5.75 Å². The molecule has 1 amide bonds. The normalized spacial score (nSPS) is 16.9. The van der Waals surface area contributed by atoms with Crippen molar-refractivity contribution in [2.45, 2.75) is 38.3 Å². The van der Waals surface area contributed by atoms with E-state index in [1.165, 1.54) is 5.69 Å². The molecule has 0 radical (unpaired) electrons. The van der Waals surface area contributed by atoms with Gasteiger partial charge in [0.25, 0.3) is 5.91 Å². The first-order valence-electron chi connectivity index (χ1n) is 10.5. The van der Waals surface area contributed by atoms with Crippen LogP contribution in [0.25, 0.3) is 5.69 Å². The van der Waals surface area contributed by atoms with Crippen molar-refractivity contribution >= 4 is 11.6 Å². The third kappa shape index (κ3) is 2.88. The van der Waals surface area contributed by atoms with Crippen molar-refractivity contribution in [1.82, 2.24) is 19.2 Å². The van der Waals surface area contributed by atoms with Crippen molar-refractivity contribution < 1.29 is 9.53 Å². The molecule has 0 bridgehead atoms. The lowest BCUT2D eigenvalue weighted by molar-refractivity contribution is 0.0676. The SMILES string of the molecule is COc1ccc2c(c1)NC1(CCN(C(=O)c3cnn(C(C)C)c3)CC1)c1cccn1-2. The number of hydrogen-bond donors (Lipinski definition) is 1. The molecule has 1 saturated heterocycles. The highest BCUT2D eigenvalue weighted by atomic mass is 16.5. The van der Waals surface area contributed by atoms with E-state index in [1.54, 1.807) is 13.3 Å². The number of carbonyl (C=O) groups excluding carboxylic acids is 1. The van der Waals surface area contributed by atoms with E-state index < -0.39 is 0 Å². The number of likely N-dealkylation sites (tertiary alicyclic amines) is 1. The van der Waals surface area contributed by atoms with E-state index in [0.29, 0.717) is 18.7 Å². The molecule has 1 spiro atoms. The van der Waals surface area contributed by atoms with Gasteiger partial charge in [0.1, 0.15) is 5.75 Å². The molecule has 5 rings (SSSR count). The Morgan fingerprint density at radius 1 is 1.23 bits per heavy atom. The lowest BCUT2D eigenvalue weighted by atomic mass is 9.82. The number of fused-ring (bicyclic) bond motifs is 4. The fourth-order valence-corrected chi connectivity index (χ4v) is 4.64. The number of rotatable bonds is 3. The Kier molecular flexibility index (Phi) is 4.34. The zero-order valence-corrected chi connectivity index (χ0v) is 17.6. The maximum atomic E-state index is 13.0. The second kappa shape index (κ2) is 6.93. The number of nitrogens with one attached hydrogen (secondary N) is 1. The maximum absolute atomic E-state index is 13.0. The van der Waals surface area contributed by atoms with Gasteiger partial charge in [-0.05, 0) is 51.0 Å². The quantitative estimate of drug-likeness (QED) is 0.720. The van der Waals surface area contributed by atoms with Crippen molar-refractivity contribution in [3.8, 4) is 11.4 Å². The molecule has 0 unspecified atom stereocenters. The molecule has 1 aromatic carbocycles. The smallest absolute Gasteiger partial charge is 0.257 e. The van der Waals surface area contributed by atoms with Crippen LogP contribution in [0.2, 0.25) is 0 Å². The summed E-state index contributed by atoms with van der Waals surface area (Å²) in [7, 11) is 1.69. The molecule has 7 heteroatoms. The number of benzene rings is 1. The monoisotopic (exact) mass is 405 g/mol. The van der Waals surface area contributed by atoms with Crippen LogP contribution in [-0.2, 0) is 5.54 Å². The van der Waals surface area contributed by atoms with Gasteiger partial charge in [0.2, 0.25) is 0 Å². The van der Waals surface area contributed by atoms with Gasteiger partial charge in [-0.15, -0.1) is 0 Å². The van der Waals surface area contributed by atoms with Crippen LogP contribution in [0, 0.1) is 0 Å². The molecule has 0 aliphatic carbocycles. The predicted molar refractivity (Wildman–Crippen MR) is 115 cm³/mol. The Labute approximate surface area is 176 Å². The van der Waals surface area contributed by atoms with Gasteiger partial charge in [0.05, 0.1) is 35.8 Å². The van der Waals surface area contributed by atoms with Gasteiger partial charge in [-0.25, -0.2) is 0 Å². The topological polar surface area (TPSA) is 64.3 Å². The van der Waals surface area contributed by atoms with Crippen LogP contribution >= 0.6 is 0 Å². The lowest BCUT2D eigenvalue weighted by Gasteiger charge is -2.46. The maximum Gasteiger partial charge on any atom is 0.257 e. The summed E-state index contributed by atoms with van der Waals surface area (Å²) in [6.07, 6.45) is 7.33. The summed E-state index contributed by atoms with van der Waals surface area (Å²) in [6, 6.07) is 10.6. The van der Waals surface area contributed by atoms with Crippen LogP contribution in [-0.4, -0.2) is 45.4 Å². The van der Waals surface area contributed by atoms with E-state index in [2.05, 4.69) is 59.3 Å². The molecule has 0 atom stereocenters. The van der Waals surface area contributed by atoms with E-state index in [-0.39, 0.29) is 17.5 Å². The van der Waals surface area contributed by atoms with Gasteiger partial charge in [-0.2, -0.15) is 5.10 Å². The largest absolute Gasteiger partial charge is 0.497 e. The highest BCUT2D eigenvalue weighted by molar-refractivity contribution is 5.93. The van der Waals surface area contributed by atoms with Crippen LogP contribution < -0.4 is 10.1 Å². The van der Waals surface area contributed by atoms with Crippen LogP contribution in [0.4, 0.5) is 5.69 Å². The first kappa shape index (κ1) is 18.8. The minimum Gasteiger partial charge on any atom is -0.497 e. The van der Waals surface area contributed by atoms with Gasteiger partial charge in [-0.1, -0.05) is 0 Å². The highest BCUT2D eigenvalue weighted by Gasteiger charge is 2.42. The van der Waals surface area contributed by atoms with Gasteiger partial charge in [0.15, 0.2) is 0 Å². The first-order chi connectivity index (χ1) is 14.5. The molecule has 3 aromatic rings. The average Bonchev–Trinajstić information content (AvgIpc) is 3.44. The fourth-order valence-electron chi connectivity index (χ4n) is 4.64. The predicted octanol–water partition coefficient (Wildman–Crippen LogP) is 3.82. The van der Waals surface area contributed by atoms with Crippen LogP contribution in [0.15, 0.2) is 48.9 Å². The lowest BCUT2D eigenvalue weighted by Crippen LogP contribution is -2.51. The number of aromatic nitrogens is 3. The number of hydrogen-bond acceptors (Lipinski definition) is 4. The molecule has 30 heavy (non-hydrogen) atoms. The van der Waals surface area contributed by atoms with E-state index in [9.17, 15) is 4.79 Å². The molecule has 156 valence electrons. The molecule has 4 heterocycles. The number of anilines is 1. The van der Waals surface area contributed by atoms with Crippen molar-refractivity contribution in [2.24, 2.45) is 0 Å². The van der Waals surface area contributed by atoms with Crippen LogP contribution in [0.3, 0.4) is 0 Å². The molecule has 2 aliphatic rings. The second-order valence-corrected chi connectivity index (χ2v) is 8.45. The number of methoxy groups -OCH3 is 1. The van der Waals surface area contributed by atoms with E-state index in [1.807, 2.05) is 21.8 Å². The fraction of sp³-hybridized carbons (Fsp3) is 0.391. The van der Waals surface area contributed by atoms with Gasteiger partial charge in [-0.3, -0.25) is 9.48 Å². The Bertz CT molecular complexity index is 1090. The minimum atomic E-state index is -0.193. The molecule has 1 N–H and O–H groups in total. The Morgan fingerprint density at radius 2 is 2.03 bits per heavy atom. The summed E-state index contributed by atoms with van der Waals surface area (Å²) >= 11 is 0. The molecule has 2 aromatic heterocycles. The van der Waals surface area contributed by atoms with Crippen molar-refractivity contribution in [3.05, 3.63) is 60.2 Å². The molecular weight excluding hydrogens is 378 g/mol. The van der Waals surface area contributed by atoms with E-state index in [0.717, 1.165) is 30.0 Å². The van der Waals surface area contributed by atoms with Gasteiger partial charge >= 0.3 is 0 Å². The summed E-state index contributed by atoms with van der Waals surface area (Å²) in [5.74, 6) is 0.895. The molecule has 7 nitrogen and oxygen atoms in total. The van der Waals surface area contributed by atoms with Gasteiger partial charge < -0.3 is 19.5 Å². The van der Waals surface area contributed by atoms with E-state index in [4.69, 9.17) is 4.74 Å². The summed E-state index contributed by atoms with van der Waals surface area (Å²) < 4.78 is 9.52. The number of carbonyl (C=O) groups is 1. The third-order valence-corrected chi connectivity index (χ3v) is 6.36. The third-order valence-electron chi connectivity index (χ3n) is 6.36. The first-order valence-corrected chi connectivity index (χ1v) is 10.5. The zero-order chi connectivity index (χ0) is 20.9. The van der Waals surface area contributed by atoms with E-state index >= 15 is 0 Å². The average molecular weight is 406 g/mol. The summed E-state index contributed by atoms with van der Waals surface area (Å²) in [5, 5.41) is 8.11. The number of piperidine rings is 1. The number of ether oxygens (including phenoxy) is 1.